The molecule has 1 amide bonds. The van der Waals surface area contributed by atoms with Gasteiger partial charge in [0.25, 0.3) is 5.69 Å². The Morgan fingerprint density at radius 2 is 2.07 bits per heavy atom. The van der Waals surface area contributed by atoms with E-state index in [4.69, 9.17) is 5.11 Å². The van der Waals surface area contributed by atoms with Crippen LogP contribution in [0.25, 0.3) is 0 Å². The van der Waals surface area contributed by atoms with Crippen molar-refractivity contribution in [1.29, 1.82) is 0 Å². The maximum Gasteiger partial charge on any atom is 0.410 e. The van der Waals surface area contributed by atoms with Crippen LogP contribution < -0.4 is 5.32 Å². The smallest absolute Gasteiger partial charge is 0.410 e. The van der Waals surface area contributed by atoms with E-state index in [0.717, 1.165) is 18.2 Å². The van der Waals surface area contributed by atoms with Crippen molar-refractivity contribution >= 4 is 28.2 Å². The zero-order chi connectivity index (χ0) is 21.5. The van der Waals surface area contributed by atoms with Crippen LogP contribution in [0.4, 0.5) is 14.9 Å². The van der Waals surface area contributed by atoms with Crippen LogP contribution in [-0.4, -0.2) is 41.1 Å². The van der Waals surface area contributed by atoms with Crippen LogP contribution in [0.2, 0.25) is 0 Å². The number of allylic oxidation sites excluding steroid dienone is 1. The highest BCUT2D eigenvalue weighted by molar-refractivity contribution is 8.26. The lowest BCUT2D eigenvalue weighted by Gasteiger charge is -2.59. The van der Waals surface area contributed by atoms with Gasteiger partial charge in [0, 0.05) is 17.7 Å². The predicted molar refractivity (Wildman–Crippen MR) is 105 cm³/mol. The lowest BCUT2D eigenvalue weighted by Crippen LogP contribution is -2.58. The van der Waals surface area contributed by atoms with Crippen molar-refractivity contribution in [1.82, 2.24) is 5.32 Å². The number of nitro groups is 1. The minimum absolute atomic E-state index is 0.00818. The molecule has 0 aromatic heterocycles. The van der Waals surface area contributed by atoms with E-state index in [1.165, 1.54) is 26.8 Å². The molecular weight excluding hydrogens is 393 g/mol. The summed E-state index contributed by atoms with van der Waals surface area (Å²) in [6.07, 6.45) is -0.0620. The predicted octanol–water partition coefficient (Wildman–Crippen LogP) is 4.10. The van der Waals surface area contributed by atoms with Gasteiger partial charge in [-0.1, -0.05) is 6.08 Å². The van der Waals surface area contributed by atoms with Crippen LogP contribution in [0, 0.1) is 15.9 Å². The Hall–Kier alpha value is -2.50. The van der Waals surface area contributed by atoms with Gasteiger partial charge in [-0.25, -0.2) is 9.18 Å². The molecule has 0 unspecified atom stereocenters. The maximum absolute atomic E-state index is 14.7. The molecule has 0 spiro atoms. The summed E-state index contributed by atoms with van der Waals surface area (Å²) >= 11 is 0. The molecule has 28 heavy (non-hydrogen) atoms. The number of rotatable bonds is 4. The van der Waals surface area contributed by atoms with Crippen molar-refractivity contribution in [3.63, 3.8) is 0 Å². The summed E-state index contributed by atoms with van der Waals surface area (Å²) in [7, 11) is -3.63. The lowest BCUT2D eigenvalue weighted by molar-refractivity contribution is -0.385. The highest BCUT2D eigenvalue weighted by atomic mass is 32.3. The van der Waals surface area contributed by atoms with Crippen molar-refractivity contribution in [2.75, 3.05) is 0 Å². The van der Waals surface area contributed by atoms with Crippen LogP contribution in [0.3, 0.4) is 0 Å². The Kier molecular flexibility index (Phi) is 5.57. The Balaban J connectivity index is 2.86. The van der Waals surface area contributed by atoms with E-state index in [9.17, 15) is 28.4 Å². The number of aliphatic imine (C=N–C) groups is 1. The van der Waals surface area contributed by atoms with Gasteiger partial charge in [-0.05, 0) is 33.3 Å². The number of benzene rings is 1. The van der Waals surface area contributed by atoms with E-state index in [2.05, 4.69) is 16.9 Å². The van der Waals surface area contributed by atoms with Crippen molar-refractivity contribution in [3.05, 3.63) is 52.3 Å². The number of nitrogens with one attached hydrogen (secondary N) is 1. The quantitative estimate of drug-likeness (QED) is 0.331. The Morgan fingerprint density at radius 3 is 2.57 bits per heavy atom. The van der Waals surface area contributed by atoms with Gasteiger partial charge in [0.1, 0.15) is 21.9 Å². The fourth-order valence-corrected chi connectivity index (χ4v) is 5.62. The Morgan fingerprint density at radius 1 is 1.46 bits per heavy atom. The SMILES string of the molecule is C=CC[C@@H]1[C@@](C)(c2cc([N+](=O)[O-])ccc2F)N=C(NC(=O)O)C(C)(C)S1(O)O. The fraction of sp³-hybridized carbons (Fsp3) is 0.412. The molecule has 0 fully saturated rings. The molecule has 9 nitrogen and oxygen atoms in total. The number of carboxylic acid groups (broad SMARTS) is 1. The largest absolute Gasteiger partial charge is 0.465 e. The molecule has 1 heterocycles. The molecule has 154 valence electrons. The van der Waals surface area contributed by atoms with Gasteiger partial charge in [0.05, 0.1) is 10.2 Å². The number of halogens is 1. The van der Waals surface area contributed by atoms with Crippen molar-refractivity contribution in [2.45, 2.75) is 42.7 Å². The van der Waals surface area contributed by atoms with E-state index in [-0.39, 0.29) is 17.8 Å². The van der Waals surface area contributed by atoms with Gasteiger partial charge < -0.3 is 5.11 Å². The molecule has 4 N–H and O–H groups in total. The van der Waals surface area contributed by atoms with E-state index in [1.54, 1.807) is 0 Å². The molecular formula is C17H22FN3O6S. The van der Waals surface area contributed by atoms with Gasteiger partial charge >= 0.3 is 6.09 Å². The van der Waals surface area contributed by atoms with Gasteiger partial charge in [-0.15, -0.1) is 6.58 Å². The van der Waals surface area contributed by atoms with Crippen LogP contribution in [-0.2, 0) is 5.54 Å². The summed E-state index contributed by atoms with van der Waals surface area (Å²) in [6, 6.07) is 2.85. The fourth-order valence-electron chi connectivity index (χ4n) is 3.30. The second kappa shape index (κ2) is 7.15. The van der Waals surface area contributed by atoms with Crippen LogP contribution >= 0.6 is 10.6 Å². The van der Waals surface area contributed by atoms with E-state index in [1.807, 2.05) is 0 Å². The summed E-state index contributed by atoms with van der Waals surface area (Å²) in [6.45, 7) is 7.81. The molecule has 0 aliphatic carbocycles. The molecule has 1 aliphatic rings. The van der Waals surface area contributed by atoms with Crippen LogP contribution in [0.5, 0.6) is 0 Å². The topological polar surface area (TPSA) is 145 Å². The van der Waals surface area contributed by atoms with Gasteiger partial charge in [-0.2, -0.15) is 10.6 Å². The Bertz CT molecular complexity index is 872. The summed E-state index contributed by atoms with van der Waals surface area (Å²) in [5.41, 5.74) is -2.34. The number of hydrogen-bond acceptors (Lipinski definition) is 6. The average molecular weight is 415 g/mol. The number of nitro benzene ring substituents is 1. The third kappa shape index (κ3) is 3.36. The first kappa shape index (κ1) is 21.8. The summed E-state index contributed by atoms with van der Waals surface area (Å²) in [4.78, 5) is 26.0. The van der Waals surface area contributed by atoms with Gasteiger partial charge in [0.15, 0.2) is 0 Å². The molecule has 1 aromatic rings. The lowest BCUT2D eigenvalue weighted by atomic mass is 9.85. The number of amides is 1. The molecule has 2 atom stereocenters. The van der Waals surface area contributed by atoms with Crippen LogP contribution in [0.1, 0.15) is 32.8 Å². The number of carbonyl (C=O) groups is 1. The second-order valence-electron chi connectivity index (χ2n) is 7.08. The molecule has 0 saturated heterocycles. The molecule has 0 bridgehead atoms. The normalized spacial score (nSPS) is 26.6. The van der Waals surface area contributed by atoms with Gasteiger partial charge in [0.2, 0.25) is 0 Å². The number of amidine groups is 1. The third-order valence-corrected chi connectivity index (χ3v) is 8.14. The highest BCUT2D eigenvalue weighted by Crippen LogP contribution is 2.65. The van der Waals surface area contributed by atoms with E-state index < -0.39 is 48.6 Å². The zero-order valence-electron chi connectivity index (χ0n) is 15.5. The third-order valence-electron chi connectivity index (χ3n) is 5.00. The minimum Gasteiger partial charge on any atom is -0.465 e. The van der Waals surface area contributed by atoms with Crippen LogP contribution in [0.15, 0.2) is 35.8 Å². The van der Waals surface area contributed by atoms with Crippen molar-refractivity contribution < 1.29 is 28.3 Å². The first-order valence-corrected chi connectivity index (χ1v) is 9.82. The number of hydrogen-bond donors (Lipinski definition) is 4. The zero-order valence-corrected chi connectivity index (χ0v) is 16.4. The minimum atomic E-state index is -3.63. The molecule has 0 radical (unpaired) electrons. The molecule has 1 aromatic carbocycles. The Labute approximate surface area is 162 Å². The summed E-state index contributed by atoms with van der Waals surface area (Å²) < 4.78 is 35.3. The summed E-state index contributed by atoms with van der Waals surface area (Å²) in [5, 5.41) is 21.2. The molecule has 0 saturated carbocycles. The van der Waals surface area contributed by atoms with Crippen molar-refractivity contribution in [3.8, 4) is 0 Å². The first-order chi connectivity index (χ1) is 12.8. The highest BCUT2D eigenvalue weighted by Gasteiger charge is 2.57. The standard InChI is InChI=1S/C17H22FN3O6S/c1-5-6-13-17(4,11-9-10(21(24)25)7-8-12(11)18)20-14(19-15(22)23)16(2,3)28(13,26)27/h5,7-9,13,26-27H,1,6H2,2-4H3,(H,19,20)(H,22,23)/t13-,17-/m1/s1. The van der Waals surface area contributed by atoms with E-state index >= 15 is 0 Å². The maximum atomic E-state index is 14.7. The number of nitrogens with zero attached hydrogens (tertiary/aromatic N) is 2. The summed E-state index contributed by atoms with van der Waals surface area (Å²) in [5.74, 6) is -1.11. The molecule has 1 aliphatic heterocycles. The number of non-ortho nitro benzene ring substituents is 1. The molecule has 11 heteroatoms. The van der Waals surface area contributed by atoms with Crippen molar-refractivity contribution in [2.24, 2.45) is 4.99 Å². The first-order valence-electron chi connectivity index (χ1n) is 8.21. The molecule has 2 rings (SSSR count). The van der Waals surface area contributed by atoms with E-state index in [0.29, 0.717) is 0 Å². The second-order valence-corrected chi connectivity index (χ2v) is 9.85. The average Bonchev–Trinajstić information content (AvgIpc) is 2.57. The monoisotopic (exact) mass is 415 g/mol. The van der Waals surface area contributed by atoms with Gasteiger partial charge in [-0.3, -0.25) is 29.5 Å².